The number of rotatable bonds is 5. The molecule has 0 fully saturated rings. The highest BCUT2D eigenvalue weighted by Gasteiger charge is 2.11. The Morgan fingerprint density at radius 3 is 2.32 bits per heavy atom. The van der Waals surface area contributed by atoms with Crippen molar-refractivity contribution < 1.29 is 14.0 Å². The molecule has 0 saturated carbocycles. The third-order valence-corrected chi connectivity index (χ3v) is 3.50. The molecule has 2 rings (SSSR count). The molecule has 2 aromatic carbocycles. The van der Waals surface area contributed by atoms with Gasteiger partial charge in [0.15, 0.2) is 5.78 Å². The number of halogens is 3. The molecule has 0 bridgehead atoms. The van der Waals surface area contributed by atoms with Gasteiger partial charge in [0.05, 0.1) is 10.7 Å². The van der Waals surface area contributed by atoms with E-state index in [4.69, 9.17) is 23.2 Å². The van der Waals surface area contributed by atoms with Crippen molar-refractivity contribution >= 4 is 40.6 Å². The summed E-state index contributed by atoms with van der Waals surface area (Å²) < 4.78 is 12.8. The molecule has 0 saturated heterocycles. The minimum absolute atomic E-state index is 0.00909. The first-order valence-electron chi connectivity index (χ1n) is 6.49. The molecule has 2 aromatic rings. The lowest BCUT2D eigenvalue weighted by Crippen LogP contribution is -2.13. The highest BCUT2D eigenvalue weighted by Crippen LogP contribution is 2.25. The second kappa shape index (κ2) is 7.38. The average Bonchev–Trinajstić information content (AvgIpc) is 2.48. The van der Waals surface area contributed by atoms with Crippen LogP contribution in [0.4, 0.5) is 10.1 Å². The van der Waals surface area contributed by atoms with Crippen molar-refractivity contribution in [2.45, 2.75) is 12.8 Å². The van der Waals surface area contributed by atoms with Crippen LogP contribution >= 0.6 is 23.2 Å². The van der Waals surface area contributed by atoms with Gasteiger partial charge < -0.3 is 5.32 Å². The zero-order chi connectivity index (χ0) is 16.1. The lowest BCUT2D eigenvalue weighted by atomic mass is 10.1. The van der Waals surface area contributed by atoms with Gasteiger partial charge in [-0.2, -0.15) is 0 Å². The molecule has 0 radical (unpaired) electrons. The van der Waals surface area contributed by atoms with Crippen molar-refractivity contribution in [3.8, 4) is 0 Å². The monoisotopic (exact) mass is 339 g/mol. The summed E-state index contributed by atoms with van der Waals surface area (Å²) in [5, 5.41) is 3.40. The number of hydrogen-bond donors (Lipinski definition) is 1. The van der Waals surface area contributed by atoms with Crippen molar-refractivity contribution in [3.05, 3.63) is 63.9 Å². The SMILES string of the molecule is O=C(CCC(=O)c1ccc(F)cc1)Nc1ccc(Cl)cc1Cl. The predicted molar refractivity (Wildman–Crippen MR) is 85.1 cm³/mol. The van der Waals surface area contributed by atoms with E-state index in [-0.39, 0.29) is 24.5 Å². The first-order valence-corrected chi connectivity index (χ1v) is 7.25. The van der Waals surface area contributed by atoms with Crippen molar-refractivity contribution in [2.75, 3.05) is 5.32 Å². The van der Waals surface area contributed by atoms with Crippen LogP contribution in [-0.2, 0) is 4.79 Å². The Hall–Kier alpha value is -1.91. The number of nitrogens with one attached hydrogen (secondary N) is 1. The number of amides is 1. The zero-order valence-corrected chi connectivity index (χ0v) is 12.9. The molecule has 0 aromatic heterocycles. The summed E-state index contributed by atoms with van der Waals surface area (Å²) >= 11 is 11.7. The van der Waals surface area contributed by atoms with Crippen LogP contribution in [0.25, 0.3) is 0 Å². The summed E-state index contributed by atoms with van der Waals surface area (Å²) in [6, 6.07) is 9.91. The summed E-state index contributed by atoms with van der Waals surface area (Å²) in [5.74, 6) is -0.969. The van der Waals surface area contributed by atoms with Crippen LogP contribution in [-0.4, -0.2) is 11.7 Å². The van der Waals surface area contributed by atoms with Gasteiger partial charge in [-0.25, -0.2) is 4.39 Å². The number of ketones is 1. The van der Waals surface area contributed by atoms with Crippen LogP contribution in [0, 0.1) is 5.82 Å². The molecular formula is C16H12Cl2FNO2. The van der Waals surface area contributed by atoms with E-state index in [2.05, 4.69) is 5.32 Å². The van der Waals surface area contributed by atoms with Gasteiger partial charge in [-0.05, 0) is 42.5 Å². The van der Waals surface area contributed by atoms with Gasteiger partial charge in [0, 0.05) is 23.4 Å². The fourth-order valence-electron chi connectivity index (χ4n) is 1.81. The molecule has 114 valence electrons. The Morgan fingerprint density at radius 1 is 1.00 bits per heavy atom. The number of hydrogen-bond acceptors (Lipinski definition) is 2. The molecular weight excluding hydrogens is 328 g/mol. The van der Waals surface area contributed by atoms with Crippen molar-refractivity contribution in [3.63, 3.8) is 0 Å². The molecule has 0 heterocycles. The fourth-order valence-corrected chi connectivity index (χ4v) is 2.27. The van der Waals surface area contributed by atoms with Gasteiger partial charge in [0.2, 0.25) is 5.91 Å². The Kier molecular flexibility index (Phi) is 5.52. The smallest absolute Gasteiger partial charge is 0.224 e. The lowest BCUT2D eigenvalue weighted by molar-refractivity contribution is -0.116. The normalized spacial score (nSPS) is 10.3. The Bertz CT molecular complexity index is 702. The largest absolute Gasteiger partial charge is 0.325 e. The predicted octanol–water partition coefficient (Wildman–Crippen LogP) is 4.73. The van der Waals surface area contributed by atoms with Gasteiger partial charge in [-0.1, -0.05) is 23.2 Å². The molecule has 0 spiro atoms. The molecule has 3 nitrogen and oxygen atoms in total. The second-order valence-electron chi connectivity index (χ2n) is 4.60. The first kappa shape index (κ1) is 16.5. The maximum absolute atomic E-state index is 12.8. The first-order chi connectivity index (χ1) is 10.5. The van der Waals surface area contributed by atoms with Crippen LogP contribution in [0.5, 0.6) is 0 Å². The topological polar surface area (TPSA) is 46.2 Å². The highest BCUT2D eigenvalue weighted by molar-refractivity contribution is 6.36. The van der Waals surface area contributed by atoms with Crippen molar-refractivity contribution in [1.29, 1.82) is 0 Å². The van der Waals surface area contributed by atoms with E-state index in [0.717, 1.165) is 0 Å². The van der Waals surface area contributed by atoms with Crippen LogP contribution in [0.3, 0.4) is 0 Å². The van der Waals surface area contributed by atoms with Gasteiger partial charge in [-0.15, -0.1) is 0 Å². The second-order valence-corrected chi connectivity index (χ2v) is 5.45. The Labute approximate surface area is 137 Å². The van der Waals surface area contributed by atoms with E-state index in [1.54, 1.807) is 12.1 Å². The van der Waals surface area contributed by atoms with Crippen LogP contribution in [0.15, 0.2) is 42.5 Å². The standard InChI is InChI=1S/C16H12Cl2FNO2/c17-11-3-6-14(13(18)9-11)20-16(22)8-7-15(21)10-1-4-12(19)5-2-10/h1-6,9H,7-8H2,(H,20,22). The molecule has 0 atom stereocenters. The number of benzene rings is 2. The van der Waals surface area contributed by atoms with Crippen molar-refractivity contribution in [1.82, 2.24) is 0 Å². The van der Waals surface area contributed by atoms with E-state index in [0.29, 0.717) is 21.3 Å². The zero-order valence-electron chi connectivity index (χ0n) is 11.4. The fraction of sp³-hybridized carbons (Fsp3) is 0.125. The molecule has 0 aliphatic rings. The van der Waals surface area contributed by atoms with Crippen LogP contribution in [0.2, 0.25) is 10.0 Å². The van der Waals surface area contributed by atoms with E-state index in [9.17, 15) is 14.0 Å². The van der Waals surface area contributed by atoms with Gasteiger partial charge >= 0.3 is 0 Å². The quantitative estimate of drug-likeness (QED) is 0.800. The van der Waals surface area contributed by atoms with E-state index < -0.39 is 5.82 Å². The van der Waals surface area contributed by atoms with Crippen LogP contribution < -0.4 is 5.32 Å². The Morgan fingerprint density at radius 2 is 1.68 bits per heavy atom. The van der Waals surface area contributed by atoms with E-state index >= 15 is 0 Å². The number of carbonyl (C=O) groups is 2. The molecule has 0 aliphatic heterocycles. The summed E-state index contributed by atoms with van der Waals surface area (Å²) in [6.07, 6.45) is 0.0395. The number of carbonyl (C=O) groups excluding carboxylic acids is 2. The lowest BCUT2D eigenvalue weighted by Gasteiger charge is -2.07. The third kappa shape index (κ3) is 4.55. The number of Topliss-reactive ketones (excluding diaryl/α,β-unsaturated/α-hetero) is 1. The van der Waals surface area contributed by atoms with Crippen LogP contribution in [0.1, 0.15) is 23.2 Å². The maximum atomic E-state index is 12.8. The summed E-state index contributed by atoms with van der Waals surface area (Å²) in [5.41, 5.74) is 0.809. The molecule has 6 heteroatoms. The van der Waals surface area contributed by atoms with Gasteiger partial charge in [0.1, 0.15) is 5.82 Å². The van der Waals surface area contributed by atoms with Gasteiger partial charge in [-0.3, -0.25) is 9.59 Å². The minimum Gasteiger partial charge on any atom is -0.325 e. The third-order valence-electron chi connectivity index (χ3n) is 2.95. The Balaban J connectivity index is 1.89. The van der Waals surface area contributed by atoms with Gasteiger partial charge in [0.25, 0.3) is 0 Å². The van der Waals surface area contributed by atoms with Crippen molar-refractivity contribution in [2.24, 2.45) is 0 Å². The average molecular weight is 340 g/mol. The molecule has 0 aliphatic carbocycles. The summed E-state index contributed by atoms with van der Waals surface area (Å²) in [4.78, 5) is 23.7. The molecule has 0 unspecified atom stereocenters. The number of anilines is 1. The van der Waals surface area contributed by atoms with E-state index in [1.807, 2.05) is 0 Å². The minimum atomic E-state index is -0.410. The maximum Gasteiger partial charge on any atom is 0.224 e. The molecule has 1 N–H and O–H groups in total. The highest BCUT2D eigenvalue weighted by atomic mass is 35.5. The summed E-state index contributed by atoms with van der Waals surface area (Å²) in [7, 11) is 0. The van der Waals surface area contributed by atoms with E-state index in [1.165, 1.54) is 30.3 Å². The summed E-state index contributed by atoms with van der Waals surface area (Å²) in [6.45, 7) is 0. The molecule has 22 heavy (non-hydrogen) atoms. The molecule has 1 amide bonds.